The van der Waals surface area contributed by atoms with E-state index in [1.807, 2.05) is 19.1 Å². The van der Waals surface area contributed by atoms with E-state index in [1.54, 1.807) is 0 Å². The standard InChI is InChI=1S/C13H20ClNO/c1-10(5-6-16)8-15-9-12-3-4-13(14)11(2)7-12/h3-4,7,10,15-16H,5-6,8-9H2,1-2H3. The third-order valence-corrected chi connectivity index (χ3v) is 3.09. The first-order chi connectivity index (χ1) is 7.63. The lowest BCUT2D eigenvalue weighted by molar-refractivity contribution is 0.260. The molecular formula is C13H20ClNO. The van der Waals surface area contributed by atoms with Crippen molar-refractivity contribution in [2.24, 2.45) is 5.92 Å². The zero-order valence-electron chi connectivity index (χ0n) is 9.96. The van der Waals surface area contributed by atoms with Crippen molar-refractivity contribution < 1.29 is 5.11 Å². The zero-order chi connectivity index (χ0) is 12.0. The highest BCUT2D eigenvalue weighted by Gasteiger charge is 2.01. The Labute approximate surface area is 103 Å². The number of nitrogens with one attached hydrogen (secondary N) is 1. The van der Waals surface area contributed by atoms with Crippen LogP contribution in [0.15, 0.2) is 18.2 Å². The van der Waals surface area contributed by atoms with Gasteiger partial charge in [0.05, 0.1) is 0 Å². The lowest BCUT2D eigenvalue weighted by Gasteiger charge is -2.11. The van der Waals surface area contributed by atoms with Crippen molar-refractivity contribution in [3.8, 4) is 0 Å². The van der Waals surface area contributed by atoms with Crippen LogP contribution in [0.1, 0.15) is 24.5 Å². The molecular weight excluding hydrogens is 222 g/mol. The van der Waals surface area contributed by atoms with Crippen LogP contribution in [0.5, 0.6) is 0 Å². The molecule has 0 saturated carbocycles. The number of hydrogen-bond donors (Lipinski definition) is 2. The van der Waals surface area contributed by atoms with E-state index >= 15 is 0 Å². The number of aliphatic hydroxyl groups is 1. The van der Waals surface area contributed by atoms with Gasteiger partial charge in [0, 0.05) is 18.2 Å². The molecule has 0 aliphatic rings. The number of halogens is 1. The first-order valence-electron chi connectivity index (χ1n) is 5.70. The van der Waals surface area contributed by atoms with Gasteiger partial charge < -0.3 is 10.4 Å². The van der Waals surface area contributed by atoms with Crippen molar-refractivity contribution in [2.75, 3.05) is 13.2 Å². The lowest BCUT2D eigenvalue weighted by Crippen LogP contribution is -2.21. The Kier molecular flexibility index (Phi) is 5.81. The van der Waals surface area contributed by atoms with Crippen LogP contribution in [0.3, 0.4) is 0 Å². The third kappa shape index (κ3) is 4.52. The molecule has 90 valence electrons. The first kappa shape index (κ1) is 13.5. The van der Waals surface area contributed by atoms with Crippen LogP contribution >= 0.6 is 11.6 Å². The normalized spacial score (nSPS) is 12.8. The van der Waals surface area contributed by atoms with Gasteiger partial charge in [0.2, 0.25) is 0 Å². The molecule has 2 nitrogen and oxygen atoms in total. The van der Waals surface area contributed by atoms with Crippen LogP contribution in [0, 0.1) is 12.8 Å². The fraction of sp³-hybridized carbons (Fsp3) is 0.538. The average molecular weight is 242 g/mol. The Morgan fingerprint density at radius 1 is 1.44 bits per heavy atom. The van der Waals surface area contributed by atoms with Crippen molar-refractivity contribution in [3.05, 3.63) is 34.3 Å². The van der Waals surface area contributed by atoms with Crippen LogP contribution in [-0.2, 0) is 6.54 Å². The Morgan fingerprint density at radius 2 is 2.19 bits per heavy atom. The van der Waals surface area contributed by atoms with Gasteiger partial charge in [0.25, 0.3) is 0 Å². The van der Waals surface area contributed by atoms with Gasteiger partial charge in [-0.25, -0.2) is 0 Å². The van der Waals surface area contributed by atoms with Gasteiger partial charge in [-0.3, -0.25) is 0 Å². The Balaban J connectivity index is 2.34. The summed E-state index contributed by atoms with van der Waals surface area (Å²) in [5, 5.41) is 13.0. The van der Waals surface area contributed by atoms with Crippen LogP contribution in [0.4, 0.5) is 0 Å². The minimum atomic E-state index is 0.267. The van der Waals surface area contributed by atoms with E-state index in [1.165, 1.54) is 5.56 Å². The molecule has 1 unspecified atom stereocenters. The predicted molar refractivity (Wildman–Crippen MR) is 68.8 cm³/mol. The summed E-state index contributed by atoms with van der Waals surface area (Å²) in [6, 6.07) is 6.08. The highest BCUT2D eigenvalue weighted by Crippen LogP contribution is 2.16. The topological polar surface area (TPSA) is 32.3 Å². The van der Waals surface area contributed by atoms with Crippen molar-refractivity contribution in [3.63, 3.8) is 0 Å². The maximum Gasteiger partial charge on any atom is 0.0435 e. The van der Waals surface area contributed by atoms with Gasteiger partial charge in [-0.2, -0.15) is 0 Å². The highest BCUT2D eigenvalue weighted by molar-refractivity contribution is 6.31. The Bertz CT molecular complexity index is 328. The van der Waals surface area contributed by atoms with Crippen LogP contribution in [0.2, 0.25) is 5.02 Å². The molecule has 0 heterocycles. The molecule has 0 spiro atoms. The van der Waals surface area contributed by atoms with E-state index in [9.17, 15) is 0 Å². The molecule has 0 aromatic heterocycles. The molecule has 0 bridgehead atoms. The van der Waals surface area contributed by atoms with E-state index in [2.05, 4.69) is 18.3 Å². The van der Waals surface area contributed by atoms with Crippen LogP contribution in [-0.4, -0.2) is 18.3 Å². The number of benzene rings is 1. The van der Waals surface area contributed by atoms with Gasteiger partial charge >= 0.3 is 0 Å². The van der Waals surface area contributed by atoms with E-state index in [0.717, 1.165) is 30.1 Å². The summed E-state index contributed by atoms with van der Waals surface area (Å²) >= 11 is 5.96. The van der Waals surface area contributed by atoms with Crippen molar-refractivity contribution in [2.45, 2.75) is 26.8 Å². The van der Waals surface area contributed by atoms with Gasteiger partial charge in [0.15, 0.2) is 0 Å². The minimum Gasteiger partial charge on any atom is -0.396 e. The largest absolute Gasteiger partial charge is 0.396 e. The second-order valence-electron chi connectivity index (χ2n) is 4.33. The van der Waals surface area contributed by atoms with E-state index in [0.29, 0.717) is 5.92 Å². The maximum atomic E-state index is 8.78. The molecule has 16 heavy (non-hydrogen) atoms. The molecule has 1 rings (SSSR count). The maximum absolute atomic E-state index is 8.78. The third-order valence-electron chi connectivity index (χ3n) is 2.67. The van der Waals surface area contributed by atoms with Crippen LogP contribution < -0.4 is 5.32 Å². The lowest BCUT2D eigenvalue weighted by atomic mass is 10.1. The molecule has 0 aliphatic carbocycles. The molecule has 0 amide bonds. The van der Waals surface area contributed by atoms with Gasteiger partial charge in [0.1, 0.15) is 0 Å². The summed E-state index contributed by atoms with van der Waals surface area (Å²) in [6.07, 6.45) is 0.854. The molecule has 0 saturated heterocycles. The smallest absolute Gasteiger partial charge is 0.0435 e. The first-order valence-corrected chi connectivity index (χ1v) is 6.08. The molecule has 1 aromatic rings. The number of aryl methyl sites for hydroxylation is 1. The highest BCUT2D eigenvalue weighted by atomic mass is 35.5. The molecule has 0 aliphatic heterocycles. The second-order valence-corrected chi connectivity index (χ2v) is 4.74. The van der Waals surface area contributed by atoms with E-state index in [4.69, 9.17) is 16.7 Å². The molecule has 0 fully saturated rings. The fourth-order valence-corrected chi connectivity index (χ4v) is 1.72. The van der Waals surface area contributed by atoms with Crippen molar-refractivity contribution in [1.82, 2.24) is 5.32 Å². The summed E-state index contributed by atoms with van der Waals surface area (Å²) in [4.78, 5) is 0. The van der Waals surface area contributed by atoms with E-state index < -0.39 is 0 Å². The number of hydrogen-bond acceptors (Lipinski definition) is 2. The van der Waals surface area contributed by atoms with Crippen molar-refractivity contribution in [1.29, 1.82) is 0 Å². The summed E-state index contributed by atoms with van der Waals surface area (Å²) in [5.74, 6) is 0.512. The summed E-state index contributed by atoms with van der Waals surface area (Å²) < 4.78 is 0. The van der Waals surface area contributed by atoms with Crippen molar-refractivity contribution >= 4 is 11.6 Å². The van der Waals surface area contributed by atoms with Gasteiger partial charge in [-0.1, -0.05) is 30.7 Å². The summed E-state index contributed by atoms with van der Waals surface area (Å²) in [5.41, 5.74) is 2.36. The Morgan fingerprint density at radius 3 is 2.81 bits per heavy atom. The van der Waals surface area contributed by atoms with Gasteiger partial charge in [-0.15, -0.1) is 0 Å². The monoisotopic (exact) mass is 241 g/mol. The number of aliphatic hydroxyl groups excluding tert-OH is 1. The zero-order valence-corrected chi connectivity index (χ0v) is 10.7. The summed E-state index contributed by atoms with van der Waals surface area (Å²) in [6.45, 7) is 6.20. The Hall–Kier alpha value is -0.570. The quantitative estimate of drug-likeness (QED) is 0.803. The molecule has 1 aromatic carbocycles. The average Bonchev–Trinajstić information content (AvgIpc) is 2.24. The summed E-state index contributed by atoms with van der Waals surface area (Å²) in [7, 11) is 0. The number of rotatable bonds is 6. The van der Waals surface area contributed by atoms with E-state index in [-0.39, 0.29) is 6.61 Å². The van der Waals surface area contributed by atoms with Crippen LogP contribution in [0.25, 0.3) is 0 Å². The molecule has 1 atom stereocenters. The SMILES string of the molecule is Cc1cc(CNCC(C)CCO)ccc1Cl. The predicted octanol–water partition coefficient (Wildman–Crippen LogP) is 2.76. The minimum absolute atomic E-state index is 0.267. The molecule has 0 radical (unpaired) electrons. The molecule has 3 heteroatoms. The second kappa shape index (κ2) is 6.89. The fourth-order valence-electron chi connectivity index (χ4n) is 1.60. The van der Waals surface area contributed by atoms with Gasteiger partial charge in [-0.05, 0) is 43.0 Å². The molecule has 2 N–H and O–H groups in total.